The van der Waals surface area contributed by atoms with Crippen molar-refractivity contribution in [3.63, 3.8) is 0 Å². The number of hydrogen-bond acceptors (Lipinski definition) is 2. The molecule has 0 fully saturated rings. The van der Waals surface area contributed by atoms with Crippen LogP contribution < -0.4 is 0 Å². The fourth-order valence-electron chi connectivity index (χ4n) is 0.896. The molecular formula is C10H20NO2. The zero-order valence-corrected chi connectivity index (χ0v) is 9.09. The van der Waals surface area contributed by atoms with E-state index in [9.17, 15) is 4.79 Å². The highest BCUT2D eigenvalue weighted by molar-refractivity contribution is 5.68. The quantitative estimate of drug-likeness (QED) is 0.677. The van der Waals surface area contributed by atoms with Crippen LogP contribution in [0.25, 0.3) is 0 Å². The van der Waals surface area contributed by atoms with Crippen LogP contribution in [-0.2, 0) is 4.74 Å². The predicted octanol–water partition coefficient (Wildman–Crippen LogP) is 2.47. The van der Waals surface area contributed by atoms with Crippen LogP contribution in [0.5, 0.6) is 0 Å². The third-order valence-electron chi connectivity index (χ3n) is 1.46. The fourth-order valence-corrected chi connectivity index (χ4v) is 0.896. The van der Waals surface area contributed by atoms with Gasteiger partial charge in [0.1, 0.15) is 5.60 Å². The number of ether oxygens (including phenoxy) is 1. The summed E-state index contributed by atoms with van der Waals surface area (Å²) in [6, 6.07) is 0. The molecule has 0 aliphatic heterocycles. The molecule has 0 saturated heterocycles. The normalized spacial score (nSPS) is 11.2. The molecule has 13 heavy (non-hydrogen) atoms. The van der Waals surface area contributed by atoms with Crippen molar-refractivity contribution < 1.29 is 9.53 Å². The largest absolute Gasteiger partial charge is 0.444 e. The van der Waals surface area contributed by atoms with Gasteiger partial charge in [-0.3, -0.25) is 0 Å². The van der Waals surface area contributed by atoms with Crippen molar-refractivity contribution in [3.8, 4) is 0 Å². The summed E-state index contributed by atoms with van der Waals surface area (Å²) >= 11 is 0. The summed E-state index contributed by atoms with van der Waals surface area (Å²) in [4.78, 5) is 13.1. The molecule has 0 aliphatic carbocycles. The smallest absolute Gasteiger partial charge is 0.410 e. The highest BCUT2D eigenvalue weighted by Crippen LogP contribution is 2.09. The third kappa shape index (κ3) is 5.50. The minimum atomic E-state index is -0.411. The Kier molecular flexibility index (Phi) is 4.81. The van der Waals surface area contributed by atoms with Crippen LogP contribution in [0.15, 0.2) is 0 Å². The maximum Gasteiger partial charge on any atom is 0.410 e. The van der Waals surface area contributed by atoms with E-state index < -0.39 is 5.60 Å². The molecule has 0 spiro atoms. The monoisotopic (exact) mass is 186 g/mol. The Morgan fingerprint density at radius 3 is 2.31 bits per heavy atom. The van der Waals surface area contributed by atoms with Crippen molar-refractivity contribution in [2.45, 2.75) is 39.7 Å². The van der Waals surface area contributed by atoms with Crippen molar-refractivity contribution in [2.24, 2.45) is 0 Å². The average Bonchev–Trinajstić information content (AvgIpc) is 1.96. The summed E-state index contributed by atoms with van der Waals surface area (Å²) in [7, 11) is 0. The summed E-state index contributed by atoms with van der Waals surface area (Å²) in [5, 5.41) is 0. The molecular weight excluding hydrogens is 166 g/mol. The van der Waals surface area contributed by atoms with Crippen LogP contribution in [-0.4, -0.2) is 29.7 Å². The molecule has 3 nitrogen and oxygen atoms in total. The molecule has 0 unspecified atom stereocenters. The van der Waals surface area contributed by atoms with E-state index in [1.807, 2.05) is 27.7 Å². The standard InChI is InChI=1S/C10H20NO2/c1-6-8-11(7-2)9(12)13-10(3,4)5/h1,6-8H2,2-5H3. The zero-order chi connectivity index (χ0) is 10.5. The molecule has 77 valence electrons. The molecule has 0 heterocycles. The van der Waals surface area contributed by atoms with Crippen LogP contribution in [0.3, 0.4) is 0 Å². The van der Waals surface area contributed by atoms with Crippen molar-refractivity contribution in [1.29, 1.82) is 0 Å². The molecule has 3 heteroatoms. The van der Waals surface area contributed by atoms with Crippen molar-refractivity contribution in [2.75, 3.05) is 13.1 Å². The second-order valence-electron chi connectivity index (χ2n) is 3.91. The van der Waals surface area contributed by atoms with Crippen LogP contribution in [0.4, 0.5) is 4.79 Å². The van der Waals surface area contributed by atoms with Crippen LogP contribution >= 0.6 is 0 Å². The highest BCUT2D eigenvalue weighted by atomic mass is 16.6. The SMILES string of the molecule is [CH2]CCN(CC)C(=O)OC(C)(C)C. The van der Waals surface area contributed by atoms with E-state index in [0.29, 0.717) is 19.5 Å². The lowest BCUT2D eigenvalue weighted by atomic mass is 10.2. The fraction of sp³-hybridized carbons (Fsp3) is 0.800. The van der Waals surface area contributed by atoms with Gasteiger partial charge >= 0.3 is 6.09 Å². The molecule has 0 rings (SSSR count). The first kappa shape index (κ1) is 12.3. The third-order valence-corrected chi connectivity index (χ3v) is 1.46. The van der Waals surface area contributed by atoms with Gasteiger partial charge in [-0.25, -0.2) is 4.79 Å². The van der Waals surface area contributed by atoms with Crippen LogP contribution in [0.1, 0.15) is 34.1 Å². The van der Waals surface area contributed by atoms with Gasteiger partial charge in [-0.1, -0.05) is 6.92 Å². The molecule has 0 bridgehead atoms. The maximum absolute atomic E-state index is 11.5. The van der Waals surface area contributed by atoms with Gasteiger partial charge in [-0.2, -0.15) is 0 Å². The summed E-state index contributed by atoms with van der Waals surface area (Å²) in [6.45, 7) is 12.6. The first-order valence-corrected chi connectivity index (χ1v) is 4.68. The topological polar surface area (TPSA) is 29.5 Å². The first-order valence-electron chi connectivity index (χ1n) is 4.68. The lowest BCUT2D eigenvalue weighted by molar-refractivity contribution is 0.0263. The van der Waals surface area contributed by atoms with E-state index in [1.54, 1.807) is 4.90 Å². The zero-order valence-electron chi connectivity index (χ0n) is 9.09. The first-order chi connectivity index (χ1) is 5.90. The Bertz CT molecular complexity index is 161. The van der Waals surface area contributed by atoms with Gasteiger partial charge in [0.25, 0.3) is 0 Å². The highest BCUT2D eigenvalue weighted by Gasteiger charge is 2.19. The van der Waals surface area contributed by atoms with E-state index >= 15 is 0 Å². The van der Waals surface area contributed by atoms with Gasteiger partial charge in [0.15, 0.2) is 0 Å². The minimum Gasteiger partial charge on any atom is -0.444 e. The molecule has 1 amide bonds. The van der Waals surface area contributed by atoms with Gasteiger partial charge in [0.2, 0.25) is 0 Å². The van der Waals surface area contributed by atoms with Crippen molar-refractivity contribution >= 4 is 6.09 Å². The van der Waals surface area contributed by atoms with Gasteiger partial charge in [0, 0.05) is 13.1 Å². The van der Waals surface area contributed by atoms with Crippen LogP contribution in [0, 0.1) is 6.92 Å². The van der Waals surface area contributed by atoms with E-state index in [0.717, 1.165) is 0 Å². The Labute approximate surface area is 81.1 Å². The number of amides is 1. The average molecular weight is 186 g/mol. The Balaban J connectivity index is 4.06. The summed E-state index contributed by atoms with van der Waals surface area (Å²) < 4.78 is 5.20. The second-order valence-corrected chi connectivity index (χ2v) is 3.91. The number of carbonyl (C=O) groups is 1. The lowest BCUT2D eigenvalue weighted by Crippen LogP contribution is -2.37. The second kappa shape index (κ2) is 5.10. The lowest BCUT2D eigenvalue weighted by Gasteiger charge is -2.26. The van der Waals surface area contributed by atoms with Gasteiger partial charge in [-0.15, -0.1) is 0 Å². The van der Waals surface area contributed by atoms with E-state index in [4.69, 9.17) is 4.74 Å². The molecule has 0 aromatic carbocycles. The summed E-state index contributed by atoms with van der Waals surface area (Å²) in [5.74, 6) is 0. The van der Waals surface area contributed by atoms with E-state index in [2.05, 4.69) is 6.92 Å². The van der Waals surface area contributed by atoms with Crippen LogP contribution in [0.2, 0.25) is 0 Å². The van der Waals surface area contributed by atoms with E-state index in [-0.39, 0.29) is 6.09 Å². The Hall–Kier alpha value is -0.730. The Morgan fingerprint density at radius 2 is 2.00 bits per heavy atom. The number of carbonyl (C=O) groups excluding carboxylic acids is 1. The molecule has 0 atom stereocenters. The number of nitrogens with zero attached hydrogens (tertiary/aromatic N) is 1. The number of hydrogen-bond donors (Lipinski definition) is 0. The molecule has 0 N–H and O–H groups in total. The summed E-state index contributed by atoms with van der Waals surface area (Å²) in [6.07, 6.45) is 0.464. The number of rotatable bonds is 3. The van der Waals surface area contributed by atoms with Crippen molar-refractivity contribution in [3.05, 3.63) is 6.92 Å². The molecule has 0 aliphatic rings. The van der Waals surface area contributed by atoms with E-state index in [1.165, 1.54) is 0 Å². The van der Waals surface area contributed by atoms with Gasteiger partial charge < -0.3 is 9.64 Å². The molecule has 1 radical (unpaired) electrons. The van der Waals surface area contributed by atoms with Crippen molar-refractivity contribution in [1.82, 2.24) is 4.90 Å². The Morgan fingerprint density at radius 1 is 1.46 bits per heavy atom. The summed E-state index contributed by atoms with van der Waals surface area (Å²) in [5.41, 5.74) is -0.411. The molecule has 0 saturated carbocycles. The molecule has 0 aromatic rings. The van der Waals surface area contributed by atoms with Gasteiger partial charge in [-0.05, 0) is 34.1 Å². The maximum atomic E-state index is 11.5. The predicted molar refractivity (Wildman–Crippen MR) is 53.5 cm³/mol. The van der Waals surface area contributed by atoms with Gasteiger partial charge in [0.05, 0.1) is 0 Å². The molecule has 0 aromatic heterocycles. The minimum absolute atomic E-state index is 0.251.